The van der Waals surface area contributed by atoms with E-state index in [4.69, 9.17) is 9.97 Å². The summed E-state index contributed by atoms with van der Waals surface area (Å²) < 4.78 is 2.30. The molecule has 0 unspecified atom stereocenters. The SMILES string of the molecule is CCc1nc2c(C)cc(C)nc2n1Cc1ccc(C2CC=CC2)s1. The number of allylic oxidation sites excluding steroid dienone is 2. The van der Waals surface area contributed by atoms with Crippen molar-refractivity contribution in [1.82, 2.24) is 14.5 Å². The second kappa shape index (κ2) is 6.17. The zero-order chi connectivity index (χ0) is 16.7. The lowest BCUT2D eigenvalue weighted by Crippen LogP contribution is -2.04. The minimum atomic E-state index is 0.691. The molecule has 4 rings (SSSR count). The third kappa shape index (κ3) is 2.69. The Labute approximate surface area is 147 Å². The molecule has 0 bridgehead atoms. The fraction of sp³-hybridized carbons (Fsp3) is 0.400. The number of aromatic nitrogens is 3. The van der Waals surface area contributed by atoms with Crippen LogP contribution in [0.25, 0.3) is 11.2 Å². The van der Waals surface area contributed by atoms with Crippen molar-refractivity contribution in [2.45, 2.75) is 52.5 Å². The highest BCUT2D eigenvalue weighted by Crippen LogP contribution is 2.34. The van der Waals surface area contributed by atoms with Crippen LogP contribution in [-0.4, -0.2) is 14.5 Å². The standard InChI is InChI=1S/C20H23N3S/c1-4-18-22-19-13(2)11-14(3)21-20(19)23(18)12-16-9-10-17(24-16)15-7-5-6-8-15/h5-6,9-11,15H,4,7-8,12H2,1-3H3. The molecule has 24 heavy (non-hydrogen) atoms. The summed E-state index contributed by atoms with van der Waals surface area (Å²) in [6.07, 6.45) is 7.91. The van der Waals surface area contributed by atoms with Crippen LogP contribution < -0.4 is 0 Å². The van der Waals surface area contributed by atoms with Crippen LogP contribution in [0.3, 0.4) is 0 Å². The third-order valence-corrected chi connectivity index (χ3v) is 6.06. The molecular formula is C20H23N3S. The Bertz CT molecular complexity index is 909. The minimum absolute atomic E-state index is 0.691. The maximum atomic E-state index is 4.85. The van der Waals surface area contributed by atoms with E-state index in [1.807, 2.05) is 11.3 Å². The monoisotopic (exact) mass is 337 g/mol. The molecule has 1 aliphatic rings. The normalized spacial score (nSPS) is 15.0. The van der Waals surface area contributed by atoms with Crippen LogP contribution >= 0.6 is 11.3 Å². The number of hydrogen-bond donors (Lipinski definition) is 0. The molecule has 3 nitrogen and oxygen atoms in total. The number of nitrogens with zero attached hydrogens (tertiary/aromatic N) is 3. The highest BCUT2D eigenvalue weighted by atomic mass is 32.1. The Morgan fingerprint density at radius 1 is 1.17 bits per heavy atom. The first kappa shape index (κ1) is 15.6. The molecule has 0 amide bonds. The molecule has 0 spiro atoms. The lowest BCUT2D eigenvalue weighted by Gasteiger charge is -2.07. The molecule has 3 aromatic rings. The third-order valence-electron chi connectivity index (χ3n) is 4.82. The summed E-state index contributed by atoms with van der Waals surface area (Å²) in [5.74, 6) is 1.82. The lowest BCUT2D eigenvalue weighted by atomic mass is 10.1. The molecule has 0 saturated heterocycles. The van der Waals surface area contributed by atoms with Crippen LogP contribution in [0, 0.1) is 13.8 Å². The maximum absolute atomic E-state index is 4.85. The predicted octanol–water partition coefficient (Wildman–Crippen LogP) is 5.15. The maximum Gasteiger partial charge on any atom is 0.160 e. The van der Waals surface area contributed by atoms with E-state index in [0.717, 1.165) is 35.6 Å². The van der Waals surface area contributed by atoms with Crippen molar-refractivity contribution in [1.29, 1.82) is 0 Å². The van der Waals surface area contributed by atoms with Gasteiger partial charge in [0, 0.05) is 27.8 Å². The van der Waals surface area contributed by atoms with Crippen LogP contribution in [0.1, 0.15) is 52.5 Å². The van der Waals surface area contributed by atoms with Crippen LogP contribution in [0.2, 0.25) is 0 Å². The number of imidazole rings is 1. The van der Waals surface area contributed by atoms with E-state index in [0.29, 0.717) is 5.92 Å². The van der Waals surface area contributed by atoms with Crippen LogP contribution in [0.15, 0.2) is 30.4 Å². The van der Waals surface area contributed by atoms with Crippen LogP contribution in [0.5, 0.6) is 0 Å². The highest BCUT2D eigenvalue weighted by molar-refractivity contribution is 7.12. The van der Waals surface area contributed by atoms with E-state index < -0.39 is 0 Å². The van der Waals surface area contributed by atoms with E-state index >= 15 is 0 Å². The topological polar surface area (TPSA) is 30.7 Å². The Hall–Kier alpha value is -1.94. The van der Waals surface area contributed by atoms with Crippen LogP contribution in [0.4, 0.5) is 0 Å². The van der Waals surface area contributed by atoms with E-state index in [2.05, 4.69) is 55.7 Å². The van der Waals surface area contributed by atoms with Crippen molar-refractivity contribution < 1.29 is 0 Å². The number of hydrogen-bond acceptors (Lipinski definition) is 3. The van der Waals surface area contributed by atoms with Gasteiger partial charge < -0.3 is 4.57 Å². The molecule has 4 heteroatoms. The van der Waals surface area contributed by atoms with E-state index in [1.54, 1.807) is 0 Å². The number of pyridine rings is 1. The number of fused-ring (bicyclic) bond motifs is 1. The largest absolute Gasteiger partial charge is 0.307 e. The molecule has 0 fully saturated rings. The summed E-state index contributed by atoms with van der Waals surface area (Å²) in [7, 11) is 0. The summed E-state index contributed by atoms with van der Waals surface area (Å²) in [5, 5.41) is 0. The number of thiophene rings is 1. The molecule has 0 atom stereocenters. The first-order chi connectivity index (χ1) is 11.7. The second-order valence-electron chi connectivity index (χ2n) is 6.66. The molecule has 0 aromatic carbocycles. The number of aryl methyl sites for hydroxylation is 3. The zero-order valence-electron chi connectivity index (χ0n) is 14.5. The predicted molar refractivity (Wildman–Crippen MR) is 101 cm³/mol. The van der Waals surface area contributed by atoms with Gasteiger partial charge in [0.05, 0.1) is 6.54 Å². The lowest BCUT2D eigenvalue weighted by molar-refractivity contribution is 0.753. The second-order valence-corrected chi connectivity index (χ2v) is 7.86. The van der Waals surface area contributed by atoms with Gasteiger partial charge in [-0.3, -0.25) is 0 Å². The Kier molecular flexibility index (Phi) is 4.01. The molecule has 1 aliphatic carbocycles. The van der Waals surface area contributed by atoms with Crippen molar-refractivity contribution in [3.63, 3.8) is 0 Å². The van der Waals surface area contributed by atoms with Crippen molar-refractivity contribution in [2.75, 3.05) is 0 Å². The average Bonchev–Trinajstić information content (AvgIpc) is 3.27. The molecule has 124 valence electrons. The van der Waals surface area contributed by atoms with E-state index in [1.165, 1.54) is 28.2 Å². The van der Waals surface area contributed by atoms with Gasteiger partial charge in [-0.25, -0.2) is 9.97 Å². The van der Waals surface area contributed by atoms with Gasteiger partial charge in [-0.05, 0) is 50.5 Å². The first-order valence-corrected chi connectivity index (χ1v) is 9.54. The summed E-state index contributed by atoms with van der Waals surface area (Å²) in [6.45, 7) is 7.24. The molecule has 0 radical (unpaired) electrons. The average molecular weight is 337 g/mol. The summed E-state index contributed by atoms with van der Waals surface area (Å²) >= 11 is 1.95. The van der Waals surface area contributed by atoms with Gasteiger partial charge in [0.25, 0.3) is 0 Å². The van der Waals surface area contributed by atoms with Crippen molar-refractivity contribution >= 4 is 22.5 Å². The Morgan fingerprint density at radius 2 is 1.96 bits per heavy atom. The summed E-state index contributed by atoms with van der Waals surface area (Å²) in [4.78, 5) is 12.5. The van der Waals surface area contributed by atoms with Crippen molar-refractivity contribution in [2.24, 2.45) is 0 Å². The first-order valence-electron chi connectivity index (χ1n) is 8.72. The van der Waals surface area contributed by atoms with Gasteiger partial charge in [0.2, 0.25) is 0 Å². The summed E-state index contributed by atoms with van der Waals surface area (Å²) in [5.41, 5.74) is 4.36. The molecule has 3 heterocycles. The van der Waals surface area contributed by atoms with Gasteiger partial charge in [0.15, 0.2) is 5.65 Å². The highest BCUT2D eigenvalue weighted by Gasteiger charge is 2.17. The van der Waals surface area contributed by atoms with Crippen LogP contribution in [-0.2, 0) is 13.0 Å². The Morgan fingerprint density at radius 3 is 2.71 bits per heavy atom. The van der Waals surface area contributed by atoms with E-state index in [-0.39, 0.29) is 0 Å². The van der Waals surface area contributed by atoms with Crippen molar-refractivity contribution in [3.8, 4) is 0 Å². The van der Waals surface area contributed by atoms with E-state index in [9.17, 15) is 0 Å². The fourth-order valence-electron chi connectivity index (χ4n) is 3.59. The summed E-state index contributed by atoms with van der Waals surface area (Å²) in [6, 6.07) is 6.72. The molecule has 0 N–H and O–H groups in total. The van der Waals surface area contributed by atoms with Gasteiger partial charge in [0.1, 0.15) is 11.3 Å². The fourth-order valence-corrected chi connectivity index (χ4v) is 4.72. The molecular weight excluding hydrogens is 314 g/mol. The zero-order valence-corrected chi connectivity index (χ0v) is 15.4. The molecule has 0 aliphatic heterocycles. The minimum Gasteiger partial charge on any atom is -0.307 e. The van der Waals surface area contributed by atoms with Crippen molar-refractivity contribution in [3.05, 3.63) is 57.2 Å². The quantitative estimate of drug-likeness (QED) is 0.616. The Balaban J connectivity index is 1.71. The van der Waals surface area contributed by atoms with Gasteiger partial charge in [-0.15, -0.1) is 11.3 Å². The van der Waals surface area contributed by atoms with Gasteiger partial charge in [-0.1, -0.05) is 19.1 Å². The smallest absolute Gasteiger partial charge is 0.160 e. The van der Waals surface area contributed by atoms with Gasteiger partial charge in [-0.2, -0.15) is 0 Å². The molecule has 3 aromatic heterocycles. The van der Waals surface area contributed by atoms with Gasteiger partial charge >= 0.3 is 0 Å². The number of rotatable bonds is 4. The molecule has 0 saturated carbocycles.